The van der Waals surface area contributed by atoms with Crippen LogP contribution in [0.25, 0.3) is 0 Å². The van der Waals surface area contributed by atoms with Crippen LogP contribution in [0.4, 0.5) is 0 Å². The van der Waals surface area contributed by atoms with Crippen molar-refractivity contribution in [2.45, 2.75) is 52.0 Å². The second-order valence-corrected chi connectivity index (χ2v) is 6.46. The third-order valence-electron chi connectivity index (χ3n) is 4.21. The average Bonchev–Trinajstić information content (AvgIpc) is 2.40. The molecule has 19 heavy (non-hydrogen) atoms. The summed E-state index contributed by atoms with van der Waals surface area (Å²) in [6.07, 6.45) is 6.48. The quantitative estimate of drug-likeness (QED) is 0.627. The molecule has 1 aliphatic carbocycles. The van der Waals surface area contributed by atoms with Gasteiger partial charge in [0.15, 0.2) is 5.96 Å². The SMILES string of the molecule is CC(C)CN1CCN(C(N)=NC2CCCCC2)CC1. The van der Waals surface area contributed by atoms with E-state index in [-0.39, 0.29) is 0 Å². The van der Waals surface area contributed by atoms with Gasteiger partial charge in [-0.1, -0.05) is 33.1 Å². The summed E-state index contributed by atoms with van der Waals surface area (Å²) in [5, 5.41) is 0. The van der Waals surface area contributed by atoms with Gasteiger partial charge in [-0.3, -0.25) is 4.90 Å². The van der Waals surface area contributed by atoms with Crippen LogP contribution in [0.5, 0.6) is 0 Å². The van der Waals surface area contributed by atoms with Crippen molar-refractivity contribution in [3.05, 3.63) is 0 Å². The van der Waals surface area contributed by atoms with Crippen molar-refractivity contribution in [2.24, 2.45) is 16.6 Å². The van der Waals surface area contributed by atoms with Crippen LogP contribution in [0.2, 0.25) is 0 Å². The molecular formula is C15H30N4. The molecule has 0 aromatic rings. The standard InChI is InChI=1S/C15H30N4/c1-13(2)12-18-8-10-19(11-9-18)15(16)17-14-6-4-3-5-7-14/h13-14H,3-12H2,1-2H3,(H2,16,17). The van der Waals surface area contributed by atoms with Crippen molar-refractivity contribution in [3.8, 4) is 0 Å². The first-order chi connectivity index (χ1) is 9.15. The Morgan fingerprint density at radius 1 is 1.11 bits per heavy atom. The summed E-state index contributed by atoms with van der Waals surface area (Å²) in [5.41, 5.74) is 6.18. The Balaban J connectivity index is 1.78. The number of guanidine groups is 1. The van der Waals surface area contributed by atoms with Crippen molar-refractivity contribution in [2.75, 3.05) is 32.7 Å². The molecular weight excluding hydrogens is 236 g/mol. The zero-order chi connectivity index (χ0) is 13.7. The highest BCUT2D eigenvalue weighted by Crippen LogP contribution is 2.20. The second kappa shape index (κ2) is 7.13. The molecule has 0 radical (unpaired) electrons. The van der Waals surface area contributed by atoms with Crippen molar-refractivity contribution >= 4 is 5.96 Å². The lowest BCUT2D eigenvalue weighted by Gasteiger charge is -2.36. The third kappa shape index (κ3) is 4.68. The minimum Gasteiger partial charge on any atom is -0.370 e. The van der Waals surface area contributed by atoms with Crippen LogP contribution in [0.1, 0.15) is 46.0 Å². The lowest BCUT2D eigenvalue weighted by atomic mass is 9.96. The zero-order valence-corrected chi connectivity index (χ0v) is 12.6. The summed E-state index contributed by atoms with van der Waals surface area (Å²) in [5.74, 6) is 1.54. The van der Waals surface area contributed by atoms with E-state index in [1.165, 1.54) is 38.6 Å². The van der Waals surface area contributed by atoms with E-state index in [1.807, 2.05) is 0 Å². The van der Waals surface area contributed by atoms with Gasteiger partial charge in [0.2, 0.25) is 0 Å². The fourth-order valence-corrected chi connectivity index (χ4v) is 3.15. The van der Waals surface area contributed by atoms with Crippen molar-refractivity contribution in [3.63, 3.8) is 0 Å². The Morgan fingerprint density at radius 3 is 2.32 bits per heavy atom. The smallest absolute Gasteiger partial charge is 0.191 e. The number of nitrogens with two attached hydrogens (primary N) is 1. The van der Waals surface area contributed by atoms with Crippen molar-refractivity contribution in [1.29, 1.82) is 0 Å². The van der Waals surface area contributed by atoms with Crippen LogP contribution in [0.3, 0.4) is 0 Å². The van der Waals surface area contributed by atoms with Gasteiger partial charge in [-0.15, -0.1) is 0 Å². The lowest BCUT2D eigenvalue weighted by Crippen LogP contribution is -2.52. The minimum absolute atomic E-state index is 0.488. The molecule has 2 fully saturated rings. The van der Waals surface area contributed by atoms with Gasteiger partial charge in [-0.2, -0.15) is 0 Å². The molecule has 0 spiro atoms. The van der Waals surface area contributed by atoms with Crippen molar-refractivity contribution < 1.29 is 0 Å². The molecule has 2 rings (SSSR count). The van der Waals surface area contributed by atoms with Crippen LogP contribution in [-0.4, -0.2) is 54.5 Å². The number of hydrogen-bond acceptors (Lipinski definition) is 2. The Bertz CT molecular complexity index is 287. The van der Waals surface area contributed by atoms with Gasteiger partial charge < -0.3 is 10.6 Å². The molecule has 0 atom stereocenters. The molecule has 2 N–H and O–H groups in total. The first kappa shape index (κ1) is 14.6. The number of rotatable bonds is 3. The molecule has 110 valence electrons. The highest BCUT2D eigenvalue weighted by atomic mass is 15.3. The van der Waals surface area contributed by atoms with Crippen LogP contribution in [0, 0.1) is 5.92 Å². The van der Waals surface area contributed by atoms with Crippen LogP contribution in [-0.2, 0) is 0 Å². The van der Waals surface area contributed by atoms with Crippen molar-refractivity contribution in [1.82, 2.24) is 9.80 Å². The monoisotopic (exact) mass is 266 g/mol. The molecule has 1 saturated carbocycles. The third-order valence-corrected chi connectivity index (χ3v) is 4.21. The second-order valence-electron chi connectivity index (χ2n) is 6.46. The molecule has 0 bridgehead atoms. The first-order valence-electron chi connectivity index (χ1n) is 7.95. The predicted molar refractivity (Wildman–Crippen MR) is 81.3 cm³/mol. The van der Waals surface area contributed by atoms with E-state index in [9.17, 15) is 0 Å². The average molecular weight is 266 g/mol. The van der Waals surface area contributed by atoms with Gasteiger partial charge >= 0.3 is 0 Å². The van der Waals surface area contributed by atoms with E-state index in [0.29, 0.717) is 6.04 Å². The van der Waals surface area contributed by atoms with E-state index in [1.54, 1.807) is 0 Å². The van der Waals surface area contributed by atoms with Crippen LogP contribution in [0.15, 0.2) is 4.99 Å². The molecule has 4 heteroatoms. The highest BCUT2D eigenvalue weighted by molar-refractivity contribution is 5.78. The van der Waals surface area contributed by atoms with Gasteiger partial charge in [0, 0.05) is 32.7 Å². The van der Waals surface area contributed by atoms with Crippen LogP contribution < -0.4 is 5.73 Å². The molecule has 0 aromatic heterocycles. The van der Waals surface area contributed by atoms with Gasteiger partial charge in [0.1, 0.15) is 0 Å². The van der Waals surface area contributed by atoms with Gasteiger partial charge in [0.05, 0.1) is 6.04 Å². The maximum Gasteiger partial charge on any atom is 0.191 e. The Hall–Kier alpha value is -0.770. The first-order valence-corrected chi connectivity index (χ1v) is 7.95. The molecule has 4 nitrogen and oxygen atoms in total. The lowest BCUT2D eigenvalue weighted by molar-refractivity contribution is 0.165. The van der Waals surface area contributed by atoms with E-state index in [2.05, 4.69) is 23.6 Å². The van der Waals surface area contributed by atoms with E-state index in [4.69, 9.17) is 10.7 Å². The summed E-state index contributed by atoms with van der Waals surface area (Å²) >= 11 is 0. The summed E-state index contributed by atoms with van der Waals surface area (Å²) < 4.78 is 0. The summed E-state index contributed by atoms with van der Waals surface area (Å²) in [4.78, 5) is 9.55. The fourth-order valence-electron chi connectivity index (χ4n) is 3.15. The summed E-state index contributed by atoms with van der Waals surface area (Å²) in [6, 6.07) is 0.488. The normalized spacial score (nSPS) is 24.2. The van der Waals surface area contributed by atoms with Gasteiger partial charge in [-0.25, -0.2) is 4.99 Å². The predicted octanol–water partition coefficient (Wildman–Crippen LogP) is 1.91. The molecule has 0 aromatic carbocycles. The largest absolute Gasteiger partial charge is 0.370 e. The molecule has 2 aliphatic rings. The summed E-state index contributed by atoms with van der Waals surface area (Å²) in [7, 11) is 0. The summed E-state index contributed by atoms with van der Waals surface area (Å²) in [6.45, 7) is 10.1. The maximum absolute atomic E-state index is 6.18. The van der Waals surface area contributed by atoms with E-state index in [0.717, 1.165) is 38.1 Å². The Morgan fingerprint density at radius 2 is 1.74 bits per heavy atom. The minimum atomic E-state index is 0.488. The Kier molecular flexibility index (Phi) is 5.49. The van der Waals surface area contributed by atoms with Gasteiger partial charge in [-0.05, 0) is 18.8 Å². The van der Waals surface area contributed by atoms with E-state index < -0.39 is 0 Å². The molecule has 0 amide bonds. The topological polar surface area (TPSA) is 44.9 Å². The number of hydrogen-bond donors (Lipinski definition) is 1. The molecule has 1 aliphatic heterocycles. The number of aliphatic imine (C=N–C) groups is 1. The van der Waals surface area contributed by atoms with Gasteiger partial charge in [0.25, 0.3) is 0 Å². The fraction of sp³-hybridized carbons (Fsp3) is 0.933. The van der Waals surface area contributed by atoms with Crippen LogP contribution >= 0.6 is 0 Å². The highest BCUT2D eigenvalue weighted by Gasteiger charge is 2.20. The molecule has 1 heterocycles. The van der Waals surface area contributed by atoms with E-state index >= 15 is 0 Å². The maximum atomic E-state index is 6.18. The Labute approximate surface area is 118 Å². The number of piperazine rings is 1. The molecule has 1 saturated heterocycles. The zero-order valence-electron chi connectivity index (χ0n) is 12.6. The molecule has 0 unspecified atom stereocenters. The number of nitrogens with zero attached hydrogens (tertiary/aromatic N) is 3.